The van der Waals surface area contributed by atoms with Crippen LogP contribution in [0.15, 0.2) is 32.3 Å². The highest BCUT2D eigenvalue weighted by atomic mass is 32.2. The van der Waals surface area contributed by atoms with Crippen molar-refractivity contribution in [2.75, 3.05) is 33.4 Å². The second-order valence-electron chi connectivity index (χ2n) is 8.05. The van der Waals surface area contributed by atoms with Crippen LogP contribution in [0.1, 0.15) is 26.7 Å². The number of hydrogen-bond donors (Lipinski definition) is 1. The Bertz CT molecular complexity index is 1050. The molecule has 0 saturated carbocycles. The van der Waals surface area contributed by atoms with E-state index < -0.39 is 15.8 Å². The van der Waals surface area contributed by atoms with E-state index in [1.807, 2.05) is 13.8 Å². The van der Waals surface area contributed by atoms with Crippen molar-refractivity contribution in [3.63, 3.8) is 0 Å². The molecule has 0 unspecified atom stereocenters. The van der Waals surface area contributed by atoms with Gasteiger partial charge in [0.1, 0.15) is 6.54 Å². The number of carbonyl (C=O) groups excluding carboxylic acids is 1. The zero-order valence-corrected chi connectivity index (χ0v) is 18.4. The highest BCUT2D eigenvalue weighted by Crippen LogP contribution is 2.28. The molecule has 1 aromatic carbocycles. The Balaban J connectivity index is 1.81. The predicted molar refractivity (Wildman–Crippen MR) is 112 cm³/mol. The molecule has 1 amide bonds. The zero-order chi connectivity index (χ0) is 21.9. The topological polar surface area (TPSA) is 111 Å². The summed E-state index contributed by atoms with van der Waals surface area (Å²) in [7, 11) is -2.11. The maximum Gasteiger partial charge on any atom is 0.420 e. The molecule has 3 rings (SSSR count). The molecule has 0 aliphatic carbocycles. The molecule has 1 aromatic heterocycles. The van der Waals surface area contributed by atoms with Crippen LogP contribution in [-0.4, -0.2) is 56.5 Å². The third-order valence-electron chi connectivity index (χ3n) is 5.26. The lowest BCUT2D eigenvalue weighted by Gasteiger charge is -2.34. The first-order valence-corrected chi connectivity index (χ1v) is 11.6. The van der Waals surface area contributed by atoms with Crippen molar-refractivity contribution in [1.29, 1.82) is 0 Å². The van der Waals surface area contributed by atoms with Crippen LogP contribution >= 0.6 is 0 Å². The number of fused-ring (bicyclic) bond motifs is 1. The molecule has 2 atom stereocenters. The molecular formula is C20H29N3O6S. The summed E-state index contributed by atoms with van der Waals surface area (Å²) < 4.78 is 39.0. The van der Waals surface area contributed by atoms with Crippen molar-refractivity contribution < 1.29 is 22.4 Å². The third-order valence-corrected chi connectivity index (χ3v) is 7.09. The Morgan fingerprint density at radius 3 is 2.63 bits per heavy atom. The molecule has 1 aliphatic heterocycles. The van der Waals surface area contributed by atoms with Crippen LogP contribution in [0.25, 0.3) is 11.1 Å². The minimum Gasteiger partial charge on any atom is -0.408 e. The molecule has 0 radical (unpaired) electrons. The quantitative estimate of drug-likeness (QED) is 0.623. The molecule has 9 nitrogen and oxygen atoms in total. The summed E-state index contributed by atoms with van der Waals surface area (Å²) in [6.45, 7) is 5.79. The molecular weight excluding hydrogens is 410 g/mol. The molecule has 1 aliphatic rings. The van der Waals surface area contributed by atoms with Gasteiger partial charge < -0.3 is 14.5 Å². The second-order valence-corrected chi connectivity index (χ2v) is 9.99. The van der Waals surface area contributed by atoms with E-state index in [0.717, 1.165) is 6.42 Å². The first-order valence-electron chi connectivity index (χ1n) is 10.1. The Morgan fingerprint density at radius 2 is 1.97 bits per heavy atom. The van der Waals surface area contributed by atoms with Crippen LogP contribution in [0.2, 0.25) is 0 Å². The number of nitrogens with zero attached hydrogens (tertiary/aromatic N) is 2. The number of benzene rings is 1. The molecule has 1 N–H and O–H groups in total. The lowest BCUT2D eigenvalue weighted by molar-refractivity contribution is -0.121. The van der Waals surface area contributed by atoms with Crippen LogP contribution in [0.5, 0.6) is 0 Å². The van der Waals surface area contributed by atoms with E-state index in [-0.39, 0.29) is 34.8 Å². The molecule has 10 heteroatoms. The zero-order valence-electron chi connectivity index (χ0n) is 17.6. The van der Waals surface area contributed by atoms with E-state index >= 15 is 0 Å². The Labute approximate surface area is 176 Å². The monoisotopic (exact) mass is 439 g/mol. The van der Waals surface area contributed by atoms with Gasteiger partial charge in [0.15, 0.2) is 5.58 Å². The summed E-state index contributed by atoms with van der Waals surface area (Å²) in [5.74, 6) is -0.460. The van der Waals surface area contributed by atoms with Crippen molar-refractivity contribution in [3.8, 4) is 0 Å². The summed E-state index contributed by atoms with van der Waals surface area (Å²) in [6.07, 6.45) is 1.66. The van der Waals surface area contributed by atoms with Gasteiger partial charge >= 0.3 is 5.76 Å². The van der Waals surface area contributed by atoms with Gasteiger partial charge in [-0.2, -0.15) is 4.31 Å². The SMILES string of the molecule is COCCCNC(=O)Cn1c(=O)oc2cc(S(=O)(=O)N3C[C@@H](C)C[C@H](C)C3)ccc21. The summed E-state index contributed by atoms with van der Waals surface area (Å²) in [5.41, 5.74) is 0.526. The number of rotatable bonds is 8. The standard InChI is InChI=1S/C20H29N3O6S/c1-14-9-15(2)12-22(11-14)30(26,27)16-5-6-17-18(10-16)29-20(25)23(17)13-19(24)21-7-4-8-28-3/h5-6,10,14-15H,4,7-9,11-13H2,1-3H3,(H,21,24)/t14-,15-/m0/s1. The number of amides is 1. The van der Waals surface area contributed by atoms with Crippen LogP contribution in [0.4, 0.5) is 0 Å². The lowest BCUT2D eigenvalue weighted by atomic mass is 9.94. The van der Waals surface area contributed by atoms with Gasteiger partial charge in [-0.1, -0.05) is 13.8 Å². The molecule has 2 aromatic rings. The molecule has 0 bridgehead atoms. The number of carbonyl (C=O) groups is 1. The van der Waals surface area contributed by atoms with Crippen molar-refractivity contribution in [1.82, 2.24) is 14.2 Å². The number of ether oxygens (including phenoxy) is 1. The fourth-order valence-electron chi connectivity index (χ4n) is 3.95. The van der Waals surface area contributed by atoms with E-state index in [1.54, 1.807) is 7.11 Å². The molecule has 1 saturated heterocycles. The largest absolute Gasteiger partial charge is 0.420 e. The predicted octanol–water partition coefficient (Wildman–Crippen LogP) is 1.41. The maximum atomic E-state index is 13.1. The summed E-state index contributed by atoms with van der Waals surface area (Å²) in [5, 5.41) is 2.71. The Morgan fingerprint density at radius 1 is 1.27 bits per heavy atom. The van der Waals surface area contributed by atoms with Crippen LogP contribution in [0, 0.1) is 11.8 Å². The van der Waals surface area contributed by atoms with Gasteiger partial charge in [0, 0.05) is 39.4 Å². The van der Waals surface area contributed by atoms with Gasteiger partial charge in [-0.05, 0) is 36.8 Å². The van der Waals surface area contributed by atoms with Crippen LogP contribution < -0.4 is 11.1 Å². The van der Waals surface area contributed by atoms with Crippen LogP contribution in [0.3, 0.4) is 0 Å². The average Bonchev–Trinajstić information content (AvgIpc) is 2.99. The van der Waals surface area contributed by atoms with E-state index in [4.69, 9.17) is 9.15 Å². The van der Waals surface area contributed by atoms with Crippen molar-refractivity contribution in [3.05, 3.63) is 28.7 Å². The number of aromatic nitrogens is 1. The average molecular weight is 440 g/mol. The molecule has 0 spiro atoms. The van der Waals surface area contributed by atoms with Crippen molar-refractivity contribution in [2.24, 2.45) is 11.8 Å². The first kappa shape index (κ1) is 22.5. The number of nitrogens with one attached hydrogen (secondary N) is 1. The molecule has 30 heavy (non-hydrogen) atoms. The number of sulfonamides is 1. The molecule has 1 fully saturated rings. The van der Waals surface area contributed by atoms with Gasteiger partial charge in [0.2, 0.25) is 15.9 Å². The summed E-state index contributed by atoms with van der Waals surface area (Å²) in [4.78, 5) is 24.4. The minimum absolute atomic E-state index is 0.0845. The Hall–Kier alpha value is -2.17. The normalized spacial score (nSPS) is 20.5. The third kappa shape index (κ3) is 4.93. The van der Waals surface area contributed by atoms with E-state index in [9.17, 15) is 18.0 Å². The van der Waals surface area contributed by atoms with Gasteiger partial charge in [-0.25, -0.2) is 13.2 Å². The van der Waals surface area contributed by atoms with Gasteiger partial charge in [-0.15, -0.1) is 0 Å². The number of hydrogen-bond acceptors (Lipinski definition) is 6. The fraction of sp³-hybridized carbons (Fsp3) is 0.600. The summed E-state index contributed by atoms with van der Waals surface area (Å²) >= 11 is 0. The highest BCUT2D eigenvalue weighted by Gasteiger charge is 2.32. The smallest absolute Gasteiger partial charge is 0.408 e. The first-order chi connectivity index (χ1) is 14.2. The maximum absolute atomic E-state index is 13.1. The van der Waals surface area contributed by atoms with E-state index in [1.165, 1.54) is 27.1 Å². The van der Waals surface area contributed by atoms with E-state index in [0.29, 0.717) is 38.2 Å². The Kier molecular flexibility index (Phi) is 6.99. The van der Waals surface area contributed by atoms with Crippen molar-refractivity contribution >= 4 is 27.0 Å². The molecule has 2 heterocycles. The molecule has 166 valence electrons. The minimum atomic E-state index is -3.69. The van der Waals surface area contributed by atoms with Gasteiger partial charge in [-0.3, -0.25) is 9.36 Å². The number of methoxy groups -OCH3 is 1. The van der Waals surface area contributed by atoms with Gasteiger partial charge in [0.05, 0.1) is 10.4 Å². The number of piperidine rings is 1. The van der Waals surface area contributed by atoms with Crippen molar-refractivity contribution in [2.45, 2.75) is 38.1 Å². The number of oxazole rings is 1. The van der Waals surface area contributed by atoms with Crippen LogP contribution in [-0.2, 0) is 26.1 Å². The highest BCUT2D eigenvalue weighted by molar-refractivity contribution is 7.89. The van der Waals surface area contributed by atoms with E-state index in [2.05, 4.69) is 5.32 Å². The summed E-state index contributed by atoms with van der Waals surface area (Å²) in [6, 6.07) is 4.34. The second kappa shape index (κ2) is 9.32. The van der Waals surface area contributed by atoms with Gasteiger partial charge in [0.25, 0.3) is 0 Å². The lowest BCUT2D eigenvalue weighted by Crippen LogP contribution is -2.42. The fourth-order valence-corrected chi connectivity index (χ4v) is 5.65.